The van der Waals surface area contributed by atoms with Crippen molar-refractivity contribution in [2.45, 2.75) is 216 Å². The van der Waals surface area contributed by atoms with E-state index in [0.717, 1.165) is 32.9 Å². The first-order valence-corrected chi connectivity index (χ1v) is 39.3. The highest BCUT2D eigenvalue weighted by Gasteiger charge is 2.40. The number of nitrogens with two attached hydrogens (primary N) is 4. The molecule has 47 heteroatoms. The summed E-state index contributed by atoms with van der Waals surface area (Å²) in [5, 5.41) is 120. The first kappa shape index (κ1) is 102. The Balaban J connectivity index is 2.12. The molecule has 13 amide bonds. The number of primary amides is 1. The maximum atomic E-state index is 14.9. The van der Waals surface area contributed by atoms with Crippen molar-refractivity contribution in [1.29, 1.82) is 10.8 Å². The van der Waals surface area contributed by atoms with Crippen molar-refractivity contribution < 1.29 is 126 Å². The van der Waals surface area contributed by atoms with Crippen LogP contribution in [0.25, 0.3) is 0 Å². The molecule has 0 aliphatic heterocycles. The van der Waals surface area contributed by atoms with Crippen LogP contribution in [-0.2, 0) is 105 Å². The van der Waals surface area contributed by atoms with Crippen LogP contribution in [0.4, 0.5) is 0 Å². The molecule has 0 aliphatic carbocycles. The summed E-state index contributed by atoms with van der Waals surface area (Å²) in [5.74, 6) is -23.1. The summed E-state index contributed by atoms with van der Waals surface area (Å²) in [7, 11) is -3.45. The molecule has 0 unspecified atom stereocenters. The average Bonchev–Trinajstić information content (AvgIpc) is 0.833. The zero-order valence-electron chi connectivity index (χ0n) is 67.0. The smallest absolute Gasteiger partial charge is 0.508 e. The van der Waals surface area contributed by atoms with Gasteiger partial charge in [-0.3, -0.25) is 87.5 Å². The fourth-order valence-corrected chi connectivity index (χ4v) is 12.0. The van der Waals surface area contributed by atoms with E-state index in [4.69, 9.17) is 38.3 Å². The molecule has 0 saturated heterocycles. The zero-order valence-corrected chi connectivity index (χ0v) is 67.9. The average molecular weight is 1730 g/mol. The molecule has 121 heavy (non-hydrogen) atoms. The fraction of sp³-hybridized carbons (Fsp3) is 0.514. The van der Waals surface area contributed by atoms with E-state index >= 15 is 0 Å². The van der Waals surface area contributed by atoms with Gasteiger partial charge in [0.15, 0.2) is 11.9 Å². The van der Waals surface area contributed by atoms with Gasteiger partial charge in [0.2, 0.25) is 76.8 Å². The summed E-state index contributed by atoms with van der Waals surface area (Å²) < 4.78 is 27.6. The number of hydrogen-bond donors (Lipinski definition) is 27. The summed E-state index contributed by atoms with van der Waals surface area (Å²) in [6, 6.07) is -6.95. The molecule has 15 atom stereocenters. The Morgan fingerprint density at radius 3 is 1.09 bits per heavy atom. The predicted molar refractivity (Wildman–Crippen MR) is 426 cm³/mol. The van der Waals surface area contributed by atoms with E-state index < -0.39 is 250 Å². The van der Waals surface area contributed by atoms with E-state index in [1.165, 1.54) is 67.6 Å². The topological polar surface area (TPSA) is 778 Å². The number of aliphatic hydroxyl groups excluding tert-OH is 2. The second-order valence-corrected chi connectivity index (χ2v) is 28.9. The predicted octanol–water partition coefficient (Wildman–Crippen LogP) is -5.81. The zero-order chi connectivity index (χ0) is 90.9. The number of unbranched alkanes of at least 4 members (excludes halogenated alkanes) is 1. The summed E-state index contributed by atoms with van der Waals surface area (Å²) in [4.78, 5) is 220. The Bertz CT molecular complexity index is 4170. The number of amides is 13. The van der Waals surface area contributed by atoms with Crippen molar-refractivity contribution >= 4 is 115 Å². The van der Waals surface area contributed by atoms with Crippen molar-refractivity contribution in [3.8, 4) is 17.2 Å². The molecule has 0 bridgehead atoms. The van der Waals surface area contributed by atoms with Crippen LogP contribution in [0.1, 0.15) is 128 Å². The number of aromatic hydroxyl groups is 2. The quantitative estimate of drug-likeness (QED) is 0.0108. The van der Waals surface area contributed by atoms with E-state index in [9.17, 15) is 122 Å². The molecule has 0 fully saturated rings. The number of carbonyl (C=O) groups excluding carboxylic acids is 13. The number of phenols is 2. The largest absolute Gasteiger partial charge is 0.529 e. The van der Waals surface area contributed by atoms with E-state index in [1.54, 1.807) is 6.92 Å². The molecule has 0 aliphatic rings. The van der Waals surface area contributed by atoms with Crippen LogP contribution >= 0.6 is 7.91 Å². The lowest BCUT2D eigenvalue weighted by molar-refractivity contribution is -0.142. The Morgan fingerprint density at radius 1 is 0.405 bits per heavy atom. The maximum absolute atomic E-state index is 14.9. The van der Waals surface area contributed by atoms with E-state index in [-0.39, 0.29) is 86.5 Å². The molecule has 3 rings (SSSR count). The SMILES string of the molecule is CC[C@H](C)[C@H](NC(=O)[C@H](CC(=O)O)NC(=O)[C@H](CCCNC(=N)N)NC(=O)[C@@H](NC(C)=O)[C@@H](C)O)C(=O)N[C@@H](Cc1ccc(OP(=O)=O)cc1)C(=O)N[C@@H](CCC(=O)O)C(=O)N[C@H](C(=O)N[C@@H](CC(=O)O)C(=O)N[C@@H](Cc1ccc(O)cc1)C(=O)N[C@@H](Cc1ccc(O)cc1)C(=O)N[C@@H](CCCNC(=N)N)C(=O)N[C@@H](CCCCN)C(N)=O)[C@@H](C)O. The molecule has 0 spiro atoms. The van der Waals surface area contributed by atoms with Gasteiger partial charge in [0.05, 0.1) is 25.0 Å². The third-order valence-electron chi connectivity index (χ3n) is 18.3. The van der Waals surface area contributed by atoms with Crippen LogP contribution in [0.2, 0.25) is 0 Å². The second kappa shape index (κ2) is 52.0. The number of aliphatic carboxylic acids is 3. The van der Waals surface area contributed by atoms with Crippen molar-refractivity contribution in [1.82, 2.24) is 74.4 Å². The van der Waals surface area contributed by atoms with Gasteiger partial charge in [-0.15, -0.1) is 0 Å². The highest BCUT2D eigenvalue weighted by atomic mass is 31.1. The molecule has 46 nitrogen and oxygen atoms in total. The van der Waals surface area contributed by atoms with E-state index in [1.807, 2.05) is 0 Å². The van der Waals surface area contributed by atoms with Gasteiger partial charge >= 0.3 is 25.8 Å². The van der Waals surface area contributed by atoms with E-state index in [2.05, 4.69) is 74.4 Å². The second-order valence-electron chi connectivity index (χ2n) is 28.3. The lowest BCUT2D eigenvalue weighted by atomic mass is 9.96. The standard InChI is InChI=1S/C74H109N20O26P/c1-6-36(2)58(93-69(114)54(35-57(104)105)90-63(108)48(13-10-30-82-74(79)80)87-71(116)59(37(3)95)83-39(5)97)70(115)91-52(33-42-18-24-45(25-19-42)120-121(118)119)66(111)86-49(26-27-55(100)101)64(109)94-60(38(4)96)72(117)92-53(34-56(102)103)68(113)89-51(32-41-16-22-44(99)23-17-41)67(112)88-50(31-40-14-20-43(98)21-15-40)65(110)85-47(12-9-29-81-73(77)78)62(107)84-46(61(76)106)11-7-8-28-75/h14-25,36-38,46-54,58-60,95-96,98-99H,6-13,26-35,75H2,1-5H3,(H2,76,106)(H,83,97)(H,84,107)(H,85,110)(H,86,111)(H,87,116)(H,88,112)(H,89,113)(H,90,108)(H,91,115)(H,92,117)(H,93,114)(H,94,109)(H,100,101)(H,102,103)(H,104,105)(H4,77,78,81)(H4,79,80,82)/t36-,37+,38+,46-,47-,48-,49-,50-,51-,52-,53-,54-,58-,59-,60-/m0/s1. The van der Waals surface area contributed by atoms with Gasteiger partial charge in [0, 0.05) is 45.7 Å². The first-order valence-electron chi connectivity index (χ1n) is 38.2. The number of carboxylic acids is 3. The number of guanidine groups is 2. The van der Waals surface area contributed by atoms with Crippen molar-refractivity contribution in [3.05, 3.63) is 89.5 Å². The number of nitrogens with one attached hydrogen (secondary N) is 16. The maximum Gasteiger partial charge on any atom is 0.529 e. The molecular formula is C74H109N20O26P. The molecule has 0 radical (unpaired) electrons. The molecule has 0 saturated carbocycles. The number of benzene rings is 3. The van der Waals surface area contributed by atoms with Gasteiger partial charge in [-0.2, -0.15) is 9.13 Å². The molecule has 0 heterocycles. The first-order chi connectivity index (χ1) is 56.9. The van der Waals surface area contributed by atoms with Gasteiger partial charge in [-0.1, -0.05) is 56.7 Å². The number of carboxylic acid groups (broad SMARTS) is 3. The van der Waals surface area contributed by atoms with Gasteiger partial charge in [0.25, 0.3) is 0 Å². The number of carbonyl (C=O) groups is 16. The molecule has 666 valence electrons. The number of hydrogen-bond acceptors (Lipinski definition) is 26. The molecule has 3 aromatic rings. The summed E-state index contributed by atoms with van der Waals surface area (Å²) in [5.41, 5.74) is 22.7. The van der Waals surface area contributed by atoms with Gasteiger partial charge in [0.1, 0.15) is 89.8 Å². The third kappa shape index (κ3) is 38.5. The minimum absolute atomic E-state index is 0.0112. The Kier molecular flexibility index (Phi) is 43.8. The summed E-state index contributed by atoms with van der Waals surface area (Å²) in [6.45, 7) is 6.29. The Labute approximate surface area is 694 Å². The molecule has 0 aromatic heterocycles. The Hall–Kier alpha value is -13.1. The Morgan fingerprint density at radius 2 is 0.719 bits per heavy atom. The van der Waals surface area contributed by atoms with Crippen LogP contribution in [0.3, 0.4) is 0 Å². The molecule has 31 N–H and O–H groups in total. The molecule has 3 aromatic carbocycles. The summed E-state index contributed by atoms with van der Waals surface area (Å²) >= 11 is 0. The third-order valence-corrected chi connectivity index (χ3v) is 18.7. The van der Waals surface area contributed by atoms with Gasteiger partial charge < -0.3 is 138 Å². The summed E-state index contributed by atoms with van der Waals surface area (Å²) in [6.07, 6.45) is -8.93. The highest BCUT2D eigenvalue weighted by Crippen LogP contribution is 2.22. The van der Waals surface area contributed by atoms with Crippen molar-refractivity contribution in [3.63, 3.8) is 0 Å². The van der Waals surface area contributed by atoms with E-state index in [0.29, 0.717) is 18.4 Å². The number of phenolic OH excluding ortho intramolecular Hbond substituents is 2. The number of rotatable bonds is 55. The van der Waals surface area contributed by atoms with Gasteiger partial charge in [-0.05, 0) is 131 Å². The molecular weight excluding hydrogens is 1620 g/mol. The lowest BCUT2D eigenvalue weighted by Crippen LogP contribution is -2.63. The minimum atomic E-state index is -3.45. The van der Waals surface area contributed by atoms with Crippen LogP contribution in [0.5, 0.6) is 17.2 Å². The normalized spacial score (nSPS) is 14.6. The van der Waals surface area contributed by atoms with Gasteiger partial charge in [-0.25, -0.2) is 0 Å². The monoisotopic (exact) mass is 1720 g/mol. The van der Waals surface area contributed by atoms with Crippen LogP contribution < -0.4 is 102 Å². The van der Waals surface area contributed by atoms with Crippen LogP contribution in [-0.4, -0.2) is 247 Å². The lowest BCUT2D eigenvalue weighted by Gasteiger charge is -2.30. The minimum Gasteiger partial charge on any atom is -0.508 e. The van der Waals surface area contributed by atoms with Crippen molar-refractivity contribution in [2.75, 3.05) is 19.6 Å². The van der Waals surface area contributed by atoms with Crippen LogP contribution in [0, 0.1) is 16.7 Å². The fourth-order valence-electron chi connectivity index (χ4n) is 11.7. The highest BCUT2D eigenvalue weighted by molar-refractivity contribution is 7.25. The van der Waals surface area contributed by atoms with Crippen molar-refractivity contribution in [2.24, 2.45) is 28.9 Å². The number of aliphatic hydroxyl groups is 2. The van der Waals surface area contributed by atoms with Crippen LogP contribution in [0.15, 0.2) is 72.8 Å².